The molecule has 1 saturated heterocycles. The molecule has 1 aliphatic heterocycles. The van der Waals surface area contributed by atoms with Crippen LogP contribution < -0.4 is 10.2 Å². The SMILES string of the molecule is CC(C)c1ccc(N2CCC(C(=O)NCC(=O)O)C2=O)cc1. The highest BCUT2D eigenvalue weighted by Gasteiger charge is 2.37. The molecule has 118 valence electrons. The van der Waals surface area contributed by atoms with Crippen molar-refractivity contribution < 1.29 is 19.5 Å². The molecule has 0 aliphatic carbocycles. The zero-order valence-electron chi connectivity index (χ0n) is 12.7. The molecule has 2 amide bonds. The Hall–Kier alpha value is -2.37. The van der Waals surface area contributed by atoms with E-state index < -0.39 is 24.3 Å². The van der Waals surface area contributed by atoms with Crippen LogP contribution in [0.3, 0.4) is 0 Å². The maximum Gasteiger partial charge on any atom is 0.322 e. The number of carbonyl (C=O) groups is 3. The van der Waals surface area contributed by atoms with Crippen molar-refractivity contribution >= 4 is 23.5 Å². The Morgan fingerprint density at radius 1 is 1.32 bits per heavy atom. The van der Waals surface area contributed by atoms with E-state index in [-0.39, 0.29) is 5.91 Å². The average molecular weight is 304 g/mol. The molecule has 1 aliphatic rings. The van der Waals surface area contributed by atoms with Gasteiger partial charge in [-0.1, -0.05) is 26.0 Å². The van der Waals surface area contributed by atoms with Crippen molar-refractivity contribution in [2.45, 2.75) is 26.2 Å². The fourth-order valence-electron chi connectivity index (χ4n) is 2.50. The second-order valence-corrected chi connectivity index (χ2v) is 5.69. The Kier molecular flexibility index (Phi) is 4.80. The molecule has 0 bridgehead atoms. The number of anilines is 1. The van der Waals surface area contributed by atoms with E-state index in [9.17, 15) is 14.4 Å². The topological polar surface area (TPSA) is 86.7 Å². The Labute approximate surface area is 129 Å². The van der Waals surface area contributed by atoms with Crippen molar-refractivity contribution in [2.75, 3.05) is 18.0 Å². The van der Waals surface area contributed by atoms with Crippen molar-refractivity contribution in [1.29, 1.82) is 0 Å². The first-order valence-electron chi connectivity index (χ1n) is 7.31. The van der Waals surface area contributed by atoms with Crippen LogP contribution in [-0.2, 0) is 14.4 Å². The minimum Gasteiger partial charge on any atom is -0.480 e. The van der Waals surface area contributed by atoms with E-state index in [1.54, 1.807) is 4.90 Å². The maximum absolute atomic E-state index is 12.3. The Balaban J connectivity index is 2.04. The first-order chi connectivity index (χ1) is 10.4. The molecule has 2 N–H and O–H groups in total. The van der Waals surface area contributed by atoms with Crippen LogP contribution in [0.2, 0.25) is 0 Å². The highest BCUT2D eigenvalue weighted by molar-refractivity contribution is 6.09. The summed E-state index contributed by atoms with van der Waals surface area (Å²) in [4.78, 5) is 36.2. The van der Waals surface area contributed by atoms with E-state index in [2.05, 4.69) is 19.2 Å². The quantitative estimate of drug-likeness (QED) is 0.804. The van der Waals surface area contributed by atoms with Gasteiger partial charge in [0, 0.05) is 12.2 Å². The summed E-state index contributed by atoms with van der Waals surface area (Å²) in [5.41, 5.74) is 1.95. The fourth-order valence-corrected chi connectivity index (χ4v) is 2.50. The molecule has 6 nitrogen and oxygen atoms in total. The van der Waals surface area contributed by atoms with E-state index in [4.69, 9.17) is 5.11 Å². The number of hydrogen-bond donors (Lipinski definition) is 2. The Morgan fingerprint density at radius 2 is 1.95 bits per heavy atom. The molecule has 1 heterocycles. The summed E-state index contributed by atoms with van der Waals surface area (Å²) in [5, 5.41) is 10.8. The number of carboxylic acids is 1. The summed E-state index contributed by atoms with van der Waals surface area (Å²) < 4.78 is 0. The number of rotatable bonds is 5. The van der Waals surface area contributed by atoms with Gasteiger partial charge in [0.25, 0.3) is 0 Å². The van der Waals surface area contributed by atoms with Gasteiger partial charge in [0.2, 0.25) is 11.8 Å². The fraction of sp³-hybridized carbons (Fsp3) is 0.438. The third kappa shape index (κ3) is 3.44. The van der Waals surface area contributed by atoms with Crippen LogP contribution in [0.1, 0.15) is 31.7 Å². The summed E-state index contributed by atoms with van der Waals surface area (Å²) in [6, 6.07) is 7.71. The third-order valence-corrected chi connectivity index (χ3v) is 3.81. The highest BCUT2D eigenvalue weighted by atomic mass is 16.4. The number of aliphatic carboxylic acids is 1. The van der Waals surface area contributed by atoms with Gasteiger partial charge in [-0.3, -0.25) is 14.4 Å². The minimum absolute atomic E-state index is 0.278. The molecule has 6 heteroatoms. The van der Waals surface area contributed by atoms with Crippen LogP contribution in [-0.4, -0.2) is 36.0 Å². The first kappa shape index (κ1) is 16.0. The lowest BCUT2D eigenvalue weighted by molar-refractivity contribution is -0.140. The van der Waals surface area contributed by atoms with E-state index in [1.807, 2.05) is 24.3 Å². The maximum atomic E-state index is 12.3. The summed E-state index contributed by atoms with van der Waals surface area (Å²) in [6.07, 6.45) is 0.399. The van der Waals surface area contributed by atoms with Crippen LogP contribution in [0.5, 0.6) is 0 Å². The molecular formula is C16H20N2O4. The van der Waals surface area contributed by atoms with Crippen LogP contribution in [0.25, 0.3) is 0 Å². The van der Waals surface area contributed by atoms with Crippen molar-refractivity contribution in [3.8, 4) is 0 Å². The first-order valence-corrected chi connectivity index (χ1v) is 7.31. The molecule has 1 atom stereocenters. The largest absolute Gasteiger partial charge is 0.480 e. The molecule has 0 spiro atoms. The van der Waals surface area contributed by atoms with Gasteiger partial charge in [0.15, 0.2) is 0 Å². The van der Waals surface area contributed by atoms with E-state index in [0.29, 0.717) is 18.9 Å². The summed E-state index contributed by atoms with van der Waals surface area (Å²) in [6.45, 7) is 4.19. The van der Waals surface area contributed by atoms with Gasteiger partial charge in [0.05, 0.1) is 0 Å². The lowest BCUT2D eigenvalue weighted by atomic mass is 10.0. The van der Waals surface area contributed by atoms with Crippen molar-refractivity contribution in [3.05, 3.63) is 29.8 Å². The van der Waals surface area contributed by atoms with E-state index in [0.717, 1.165) is 5.69 Å². The van der Waals surface area contributed by atoms with Crippen LogP contribution in [0.15, 0.2) is 24.3 Å². The Bertz CT molecular complexity index is 580. The van der Waals surface area contributed by atoms with E-state index >= 15 is 0 Å². The van der Waals surface area contributed by atoms with Crippen LogP contribution in [0, 0.1) is 5.92 Å². The molecule has 2 rings (SSSR count). The van der Waals surface area contributed by atoms with Crippen LogP contribution in [0.4, 0.5) is 5.69 Å². The number of amides is 2. The number of hydrogen-bond acceptors (Lipinski definition) is 3. The second-order valence-electron chi connectivity index (χ2n) is 5.69. The number of nitrogens with one attached hydrogen (secondary N) is 1. The Morgan fingerprint density at radius 3 is 2.50 bits per heavy atom. The van der Waals surface area contributed by atoms with Gasteiger partial charge in [-0.05, 0) is 30.0 Å². The zero-order chi connectivity index (χ0) is 16.3. The van der Waals surface area contributed by atoms with Crippen molar-refractivity contribution in [2.24, 2.45) is 5.92 Å². The predicted molar refractivity (Wildman–Crippen MR) is 81.6 cm³/mol. The minimum atomic E-state index is -1.13. The van der Waals surface area contributed by atoms with Gasteiger partial charge in [-0.25, -0.2) is 0 Å². The molecule has 22 heavy (non-hydrogen) atoms. The number of carbonyl (C=O) groups excluding carboxylic acids is 2. The number of benzene rings is 1. The summed E-state index contributed by atoms with van der Waals surface area (Å²) >= 11 is 0. The molecule has 0 saturated carbocycles. The van der Waals surface area contributed by atoms with Crippen molar-refractivity contribution in [1.82, 2.24) is 5.32 Å². The third-order valence-electron chi connectivity index (χ3n) is 3.81. The molecule has 1 aromatic rings. The lowest BCUT2D eigenvalue weighted by Gasteiger charge is -2.17. The van der Waals surface area contributed by atoms with Gasteiger partial charge in [-0.15, -0.1) is 0 Å². The standard InChI is InChI=1S/C16H20N2O4/c1-10(2)11-3-5-12(6-4-11)18-8-7-13(16(18)22)15(21)17-9-14(19)20/h3-6,10,13H,7-9H2,1-2H3,(H,17,21)(H,19,20). The highest BCUT2D eigenvalue weighted by Crippen LogP contribution is 2.27. The summed E-state index contributed by atoms with van der Waals surface area (Å²) in [7, 11) is 0. The second kappa shape index (κ2) is 6.60. The zero-order valence-corrected chi connectivity index (χ0v) is 12.7. The van der Waals surface area contributed by atoms with Crippen LogP contribution >= 0.6 is 0 Å². The van der Waals surface area contributed by atoms with Gasteiger partial charge >= 0.3 is 5.97 Å². The molecule has 1 unspecified atom stereocenters. The molecule has 0 aromatic heterocycles. The average Bonchev–Trinajstić information content (AvgIpc) is 2.86. The monoisotopic (exact) mass is 304 g/mol. The van der Waals surface area contributed by atoms with Gasteiger partial charge in [-0.2, -0.15) is 0 Å². The molecule has 0 radical (unpaired) electrons. The number of nitrogens with zero attached hydrogens (tertiary/aromatic N) is 1. The lowest BCUT2D eigenvalue weighted by Crippen LogP contribution is -2.38. The van der Waals surface area contributed by atoms with Gasteiger partial charge in [0.1, 0.15) is 12.5 Å². The molecular weight excluding hydrogens is 284 g/mol. The predicted octanol–water partition coefficient (Wildman–Crippen LogP) is 1.36. The van der Waals surface area contributed by atoms with Gasteiger partial charge < -0.3 is 15.3 Å². The van der Waals surface area contributed by atoms with Crippen molar-refractivity contribution in [3.63, 3.8) is 0 Å². The number of carboxylic acid groups (broad SMARTS) is 1. The summed E-state index contributed by atoms with van der Waals surface area (Å²) in [5.74, 6) is -2.31. The van der Waals surface area contributed by atoms with E-state index in [1.165, 1.54) is 5.56 Å². The smallest absolute Gasteiger partial charge is 0.322 e. The normalized spacial score (nSPS) is 17.9. The molecule has 1 aromatic carbocycles. The molecule has 1 fully saturated rings.